The average molecular weight is 384 g/mol. The van der Waals surface area contributed by atoms with E-state index in [2.05, 4.69) is 10.4 Å². The maximum Gasteiger partial charge on any atom is 0.276 e. The molecule has 3 rings (SSSR count). The first-order chi connectivity index (χ1) is 13.1. The zero-order chi connectivity index (χ0) is 19.2. The van der Waals surface area contributed by atoms with Crippen LogP contribution in [0.3, 0.4) is 0 Å². The van der Waals surface area contributed by atoms with Crippen LogP contribution in [0.2, 0.25) is 5.02 Å². The number of anilines is 1. The number of hydrogen-bond donors (Lipinski definition) is 1. The van der Waals surface area contributed by atoms with Crippen molar-refractivity contribution >= 4 is 23.2 Å². The lowest BCUT2D eigenvalue weighted by molar-refractivity contribution is 0.101. The van der Waals surface area contributed by atoms with Crippen LogP contribution in [0.5, 0.6) is 11.5 Å². The SMILES string of the molecule is CCCn1nc(C(=O)Nc2ccccc2Oc2ccccc2Cl)ccc1=O. The first-order valence-corrected chi connectivity index (χ1v) is 8.87. The molecule has 0 saturated heterocycles. The minimum absolute atomic E-state index is 0.149. The Morgan fingerprint density at radius 1 is 1.07 bits per heavy atom. The highest BCUT2D eigenvalue weighted by atomic mass is 35.5. The molecule has 0 radical (unpaired) electrons. The molecule has 0 aliphatic heterocycles. The molecule has 0 fully saturated rings. The number of carbonyl (C=O) groups is 1. The zero-order valence-electron chi connectivity index (χ0n) is 14.7. The van der Waals surface area contributed by atoms with Crippen LogP contribution in [0.15, 0.2) is 65.5 Å². The molecule has 1 amide bonds. The maximum atomic E-state index is 12.6. The molecule has 3 aromatic rings. The molecule has 0 bridgehead atoms. The predicted molar refractivity (Wildman–Crippen MR) is 105 cm³/mol. The second-order valence-corrected chi connectivity index (χ2v) is 6.17. The zero-order valence-corrected chi connectivity index (χ0v) is 15.4. The van der Waals surface area contributed by atoms with Crippen LogP contribution in [0.1, 0.15) is 23.8 Å². The lowest BCUT2D eigenvalue weighted by atomic mass is 10.2. The van der Waals surface area contributed by atoms with E-state index in [1.165, 1.54) is 16.8 Å². The summed E-state index contributed by atoms with van der Waals surface area (Å²) in [4.78, 5) is 24.4. The average Bonchev–Trinajstić information content (AvgIpc) is 2.67. The molecule has 27 heavy (non-hydrogen) atoms. The summed E-state index contributed by atoms with van der Waals surface area (Å²) in [5.74, 6) is 0.492. The summed E-state index contributed by atoms with van der Waals surface area (Å²) in [5.41, 5.74) is 0.379. The van der Waals surface area contributed by atoms with Crippen molar-refractivity contribution in [2.75, 3.05) is 5.32 Å². The van der Waals surface area contributed by atoms with Crippen LogP contribution in [-0.4, -0.2) is 15.7 Å². The van der Waals surface area contributed by atoms with Crippen LogP contribution < -0.4 is 15.6 Å². The molecule has 2 aromatic carbocycles. The molecule has 6 nitrogen and oxygen atoms in total. The molecule has 0 aliphatic rings. The topological polar surface area (TPSA) is 73.2 Å². The van der Waals surface area contributed by atoms with Crippen molar-refractivity contribution in [3.05, 3.63) is 81.7 Å². The summed E-state index contributed by atoms with van der Waals surface area (Å²) in [7, 11) is 0. The Morgan fingerprint density at radius 2 is 1.78 bits per heavy atom. The Balaban J connectivity index is 1.84. The van der Waals surface area contributed by atoms with E-state index >= 15 is 0 Å². The Morgan fingerprint density at radius 3 is 2.52 bits per heavy atom. The minimum Gasteiger partial charge on any atom is -0.454 e. The van der Waals surface area contributed by atoms with E-state index in [0.29, 0.717) is 28.8 Å². The van der Waals surface area contributed by atoms with Gasteiger partial charge in [0, 0.05) is 12.6 Å². The van der Waals surface area contributed by atoms with Gasteiger partial charge in [-0.2, -0.15) is 5.10 Å². The molecule has 0 atom stereocenters. The largest absolute Gasteiger partial charge is 0.454 e. The van der Waals surface area contributed by atoms with Gasteiger partial charge in [0.05, 0.1) is 10.7 Å². The number of para-hydroxylation sites is 3. The number of carbonyl (C=O) groups excluding carboxylic acids is 1. The monoisotopic (exact) mass is 383 g/mol. The van der Waals surface area contributed by atoms with Gasteiger partial charge in [0.25, 0.3) is 11.5 Å². The predicted octanol–water partition coefficient (Wildman–Crippen LogP) is 4.35. The van der Waals surface area contributed by atoms with Crippen molar-refractivity contribution < 1.29 is 9.53 Å². The van der Waals surface area contributed by atoms with Crippen molar-refractivity contribution in [1.29, 1.82) is 0 Å². The number of nitrogens with one attached hydrogen (secondary N) is 1. The standard InChI is InChI=1S/C20H18ClN3O3/c1-2-13-24-19(25)12-11-16(23-24)20(26)22-15-8-4-6-10-18(15)27-17-9-5-3-7-14(17)21/h3-12H,2,13H2,1H3,(H,22,26). The normalized spacial score (nSPS) is 10.4. The Bertz CT molecular complexity index is 1020. The number of aryl methyl sites for hydroxylation is 1. The summed E-state index contributed by atoms with van der Waals surface area (Å²) in [5, 5.41) is 7.35. The Kier molecular flexibility index (Phi) is 5.88. The first kappa shape index (κ1) is 18.7. The molecule has 138 valence electrons. The molecule has 0 saturated carbocycles. The van der Waals surface area contributed by atoms with E-state index in [9.17, 15) is 9.59 Å². The van der Waals surface area contributed by atoms with Crippen LogP contribution >= 0.6 is 11.6 Å². The lowest BCUT2D eigenvalue weighted by Gasteiger charge is -2.13. The minimum atomic E-state index is -0.435. The van der Waals surface area contributed by atoms with Gasteiger partial charge in [-0.25, -0.2) is 4.68 Å². The van der Waals surface area contributed by atoms with Crippen LogP contribution in [0, 0.1) is 0 Å². The number of ether oxygens (including phenoxy) is 1. The fraction of sp³-hybridized carbons (Fsp3) is 0.150. The van der Waals surface area contributed by atoms with E-state index in [1.807, 2.05) is 13.0 Å². The number of nitrogens with zero attached hydrogens (tertiary/aromatic N) is 2. The highest BCUT2D eigenvalue weighted by Gasteiger charge is 2.13. The number of amides is 1. The van der Waals surface area contributed by atoms with Crippen LogP contribution in [0.25, 0.3) is 0 Å². The fourth-order valence-electron chi connectivity index (χ4n) is 2.43. The summed E-state index contributed by atoms with van der Waals surface area (Å²) in [6, 6.07) is 16.8. The fourth-order valence-corrected chi connectivity index (χ4v) is 2.61. The number of rotatable bonds is 6. The molecular weight excluding hydrogens is 366 g/mol. The third-order valence-electron chi connectivity index (χ3n) is 3.73. The van der Waals surface area contributed by atoms with Gasteiger partial charge in [-0.1, -0.05) is 42.8 Å². The van der Waals surface area contributed by atoms with Crippen molar-refractivity contribution in [3.8, 4) is 11.5 Å². The third kappa shape index (κ3) is 4.54. The molecular formula is C20H18ClN3O3. The summed E-state index contributed by atoms with van der Waals surface area (Å²) in [6.07, 6.45) is 0.743. The van der Waals surface area contributed by atoms with Gasteiger partial charge in [-0.15, -0.1) is 0 Å². The van der Waals surface area contributed by atoms with Gasteiger partial charge in [0.1, 0.15) is 11.4 Å². The molecule has 1 N–H and O–H groups in total. The second-order valence-electron chi connectivity index (χ2n) is 5.76. The van der Waals surface area contributed by atoms with Gasteiger partial charge < -0.3 is 10.1 Å². The quantitative estimate of drug-likeness (QED) is 0.686. The molecule has 0 unspecified atom stereocenters. The van der Waals surface area contributed by atoms with Gasteiger partial charge in [-0.3, -0.25) is 9.59 Å². The summed E-state index contributed by atoms with van der Waals surface area (Å²) >= 11 is 6.14. The molecule has 1 aromatic heterocycles. The van der Waals surface area contributed by atoms with Crippen molar-refractivity contribution in [2.24, 2.45) is 0 Å². The summed E-state index contributed by atoms with van der Waals surface area (Å²) in [6.45, 7) is 2.38. The van der Waals surface area contributed by atoms with E-state index in [-0.39, 0.29) is 11.3 Å². The number of aromatic nitrogens is 2. The smallest absolute Gasteiger partial charge is 0.276 e. The molecule has 1 heterocycles. The van der Waals surface area contributed by atoms with E-state index in [4.69, 9.17) is 16.3 Å². The second kappa shape index (κ2) is 8.51. The van der Waals surface area contributed by atoms with E-state index in [1.54, 1.807) is 42.5 Å². The molecule has 0 aliphatic carbocycles. The Hall–Kier alpha value is -3.12. The number of hydrogen-bond acceptors (Lipinski definition) is 4. The first-order valence-electron chi connectivity index (χ1n) is 8.49. The van der Waals surface area contributed by atoms with E-state index < -0.39 is 5.91 Å². The Labute approximate surface area is 161 Å². The van der Waals surface area contributed by atoms with Gasteiger partial charge in [0.2, 0.25) is 0 Å². The molecule has 0 spiro atoms. The lowest BCUT2D eigenvalue weighted by Crippen LogP contribution is -2.26. The van der Waals surface area contributed by atoms with Crippen LogP contribution in [-0.2, 0) is 6.54 Å². The summed E-state index contributed by atoms with van der Waals surface area (Å²) < 4.78 is 7.11. The van der Waals surface area contributed by atoms with Gasteiger partial charge in [0.15, 0.2) is 5.75 Å². The third-order valence-corrected chi connectivity index (χ3v) is 4.04. The van der Waals surface area contributed by atoms with Crippen molar-refractivity contribution in [1.82, 2.24) is 9.78 Å². The van der Waals surface area contributed by atoms with Gasteiger partial charge >= 0.3 is 0 Å². The molecule has 7 heteroatoms. The number of benzene rings is 2. The highest BCUT2D eigenvalue weighted by molar-refractivity contribution is 6.32. The van der Waals surface area contributed by atoms with Crippen molar-refractivity contribution in [2.45, 2.75) is 19.9 Å². The maximum absolute atomic E-state index is 12.6. The van der Waals surface area contributed by atoms with Crippen LogP contribution in [0.4, 0.5) is 5.69 Å². The van der Waals surface area contributed by atoms with Gasteiger partial charge in [-0.05, 0) is 36.8 Å². The van der Waals surface area contributed by atoms with E-state index in [0.717, 1.165) is 6.42 Å². The number of halogens is 1. The van der Waals surface area contributed by atoms with Crippen molar-refractivity contribution in [3.63, 3.8) is 0 Å². The highest BCUT2D eigenvalue weighted by Crippen LogP contribution is 2.33.